The quantitative estimate of drug-likeness (QED) is 0.819. The summed E-state index contributed by atoms with van der Waals surface area (Å²) in [5, 5.41) is 6.91. The van der Waals surface area contributed by atoms with E-state index in [1.165, 1.54) is 30.8 Å². The molecule has 0 bridgehead atoms. The Bertz CT molecular complexity index is 452. The SMILES string of the molecule is CC(C)CC[C@H]1CCC2=NN(c3ccccc3)CN21. The third-order valence-corrected chi connectivity index (χ3v) is 4.13. The van der Waals surface area contributed by atoms with E-state index in [1.807, 2.05) is 0 Å². The third-order valence-electron chi connectivity index (χ3n) is 4.13. The molecule has 19 heavy (non-hydrogen) atoms. The summed E-state index contributed by atoms with van der Waals surface area (Å²) in [5.74, 6) is 2.09. The van der Waals surface area contributed by atoms with Gasteiger partial charge in [0, 0.05) is 12.5 Å². The molecule has 0 amide bonds. The number of amidine groups is 1. The number of hydrogen-bond donors (Lipinski definition) is 0. The molecule has 1 fully saturated rings. The Morgan fingerprint density at radius 3 is 2.79 bits per heavy atom. The predicted octanol–water partition coefficient (Wildman–Crippen LogP) is 3.68. The van der Waals surface area contributed by atoms with E-state index in [0.29, 0.717) is 6.04 Å². The van der Waals surface area contributed by atoms with Crippen molar-refractivity contribution in [2.75, 3.05) is 11.7 Å². The van der Waals surface area contributed by atoms with Crippen LogP contribution >= 0.6 is 0 Å². The summed E-state index contributed by atoms with van der Waals surface area (Å²) in [7, 11) is 0. The average Bonchev–Trinajstić information content (AvgIpc) is 2.97. The van der Waals surface area contributed by atoms with Crippen molar-refractivity contribution in [3.05, 3.63) is 30.3 Å². The predicted molar refractivity (Wildman–Crippen MR) is 80.2 cm³/mol. The number of fused-ring (bicyclic) bond motifs is 1. The van der Waals surface area contributed by atoms with Gasteiger partial charge in [0.05, 0.1) is 5.69 Å². The molecule has 1 saturated heterocycles. The summed E-state index contributed by atoms with van der Waals surface area (Å²) in [4.78, 5) is 2.51. The first-order valence-electron chi connectivity index (χ1n) is 7.41. The molecule has 3 rings (SSSR count). The van der Waals surface area contributed by atoms with E-state index < -0.39 is 0 Å². The van der Waals surface area contributed by atoms with Crippen LogP contribution in [0.1, 0.15) is 39.5 Å². The second kappa shape index (κ2) is 5.24. The number of anilines is 1. The summed E-state index contributed by atoms with van der Waals surface area (Å²) in [5.41, 5.74) is 1.20. The Balaban J connectivity index is 1.66. The molecule has 0 saturated carbocycles. The molecule has 3 nitrogen and oxygen atoms in total. The lowest BCUT2D eigenvalue weighted by Crippen LogP contribution is -2.34. The van der Waals surface area contributed by atoms with E-state index in [9.17, 15) is 0 Å². The van der Waals surface area contributed by atoms with Crippen LogP contribution in [0.5, 0.6) is 0 Å². The lowest BCUT2D eigenvalue weighted by molar-refractivity contribution is 0.315. The molecular formula is C16H23N3. The van der Waals surface area contributed by atoms with Gasteiger partial charge in [-0.15, -0.1) is 0 Å². The van der Waals surface area contributed by atoms with Gasteiger partial charge in [-0.1, -0.05) is 32.0 Å². The third kappa shape index (κ3) is 2.60. The van der Waals surface area contributed by atoms with Crippen molar-refractivity contribution >= 4 is 11.5 Å². The molecule has 1 aromatic rings. The van der Waals surface area contributed by atoms with Gasteiger partial charge in [0.15, 0.2) is 0 Å². The normalized spacial score (nSPS) is 22.1. The van der Waals surface area contributed by atoms with Crippen LogP contribution in [0.4, 0.5) is 5.69 Å². The maximum absolute atomic E-state index is 4.77. The van der Waals surface area contributed by atoms with Gasteiger partial charge in [-0.2, -0.15) is 5.10 Å². The minimum Gasteiger partial charge on any atom is -0.336 e. The summed E-state index contributed by atoms with van der Waals surface area (Å²) < 4.78 is 0. The molecule has 0 radical (unpaired) electrons. The smallest absolute Gasteiger partial charge is 0.127 e. The summed E-state index contributed by atoms with van der Waals surface area (Å²) in [6.07, 6.45) is 5.05. The van der Waals surface area contributed by atoms with E-state index in [-0.39, 0.29) is 0 Å². The van der Waals surface area contributed by atoms with Crippen LogP contribution in [0.3, 0.4) is 0 Å². The largest absolute Gasteiger partial charge is 0.336 e. The molecule has 2 aliphatic rings. The van der Waals surface area contributed by atoms with Crippen LogP contribution in [0.25, 0.3) is 0 Å². The Morgan fingerprint density at radius 1 is 1.26 bits per heavy atom. The van der Waals surface area contributed by atoms with E-state index in [0.717, 1.165) is 19.0 Å². The average molecular weight is 257 g/mol. The zero-order valence-corrected chi connectivity index (χ0v) is 11.9. The van der Waals surface area contributed by atoms with Gasteiger partial charge in [-0.3, -0.25) is 0 Å². The van der Waals surface area contributed by atoms with Crippen LogP contribution in [0.15, 0.2) is 35.4 Å². The van der Waals surface area contributed by atoms with E-state index in [1.54, 1.807) is 0 Å². The molecule has 1 atom stereocenters. The number of nitrogens with zero attached hydrogens (tertiary/aromatic N) is 3. The van der Waals surface area contributed by atoms with Gasteiger partial charge in [-0.25, -0.2) is 5.01 Å². The topological polar surface area (TPSA) is 18.8 Å². The minimum absolute atomic E-state index is 0.704. The highest BCUT2D eigenvalue weighted by Gasteiger charge is 2.35. The van der Waals surface area contributed by atoms with Crippen molar-refractivity contribution in [2.45, 2.75) is 45.6 Å². The van der Waals surface area contributed by atoms with Crippen molar-refractivity contribution in [1.29, 1.82) is 0 Å². The van der Waals surface area contributed by atoms with E-state index in [4.69, 9.17) is 5.10 Å². The second-order valence-electron chi connectivity index (χ2n) is 6.03. The number of hydrogen-bond acceptors (Lipinski definition) is 3. The van der Waals surface area contributed by atoms with E-state index in [2.05, 4.69) is 54.1 Å². The zero-order chi connectivity index (χ0) is 13.2. The van der Waals surface area contributed by atoms with Gasteiger partial charge >= 0.3 is 0 Å². The maximum Gasteiger partial charge on any atom is 0.127 e. The lowest BCUT2D eigenvalue weighted by atomic mass is 10.0. The van der Waals surface area contributed by atoms with Crippen molar-refractivity contribution in [2.24, 2.45) is 11.0 Å². The standard InChI is InChI=1S/C16H23N3/c1-13(2)8-9-14-10-11-16-17-19(12-18(14)16)15-6-4-3-5-7-15/h3-7,13-14H,8-12H2,1-2H3/t14-/m0/s1. The fourth-order valence-electron chi connectivity index (χ4n) is 2.99. The molecule has 3 heteroatoms. The molecule has 0 aliphatic carbocycles. The zero-order valence-electron chi connectivity index (χ0n) is 11.9. The van der Waals surface area contributed by atoms with Gasteiger partial charge in [0.25, 0.3) is 0 Å². The Kier molecular flexibility index (Phi) is 3.45. The molecule has 2 aliphatic heterocycles. The monoisotopic (exact) mass is 257 g/mol. The molecule has 2 heterocycles. The Labute approximate surface area is 115 Å². The number of para-hydroxylation sites is 1. The summed E-state index contributed by atoms with van der Waals surface area (Å²) in [6.45, 7) is 5.55. The van der Waals surface area contributed by atoms with Gasteiger partial charge < -0.3 is 4.90 Å². The summed E-state index contributed by atoms with van der Waals surface area (Å²) in [6, 6.07) is 11.2. The lowest BCUT2D eigenvalue weighted by Gasteiger charge is -2.25. The van der Waals surface area contributed by atoms with Crippen molar-refractivity contribution in [3.8, 4) is 0 Å². The Hall–Kier alpha value is -1.51. The molecule has 0 N–H and O–H groups in total. The fourth-order valence-corrected chi connectivity index (χ4v) is 2.99. The van der Waals surface area contributed by atoms with Crippen molar-refractivity contribution in [3.63, 3.8) is 0 Å². The highest BCUT2D eigenvalue weighted by molar-refractivity contribution is 5.87. The first-order valence-corrected chi connectivity index (χ1v) is 7.41. The van der Waals surface area contributed by atoms with Gasteiger partial charge in [-0.05, 0) is 37.3 Å². The van der Waals surface area contributed by atoms with Crippen LogP contribution < -0.4 is 5.01 Å². The molecular weight excluding hydrogens is 234 g/mol. The number of benzene rings is 1. The highest BCUT2D eigenvalue weighted by Crippen LogP contribution is 2.31. The summed E-state index contributed by atoms with van der Waals surface area (Å²) >= 11 is 0. The van der Waals surface area contributed by atoms with Crippen molar-refractivity contribution in [1.82, 2.24) is 4.90 Å². The van der Waals surface area contributed by atoms with Crippen LogP contribution in [-0.4, -0.2) is 23.4 Å². The molecule has 102 valence electrons. The molecule has 1 aromatic carbocycles. The maximum atomic E-state index is 4.77. The highest BCUT2D eigenvalue weighted by atomic mass is 15.6. The van der Waals surface area contributed by atoms with Crippen molar-refractivity contribution < 1.29 is 0 Å². The molecule has 0 aromatic heterocycles. The van der Waals surface area contributed by atoms with Gasteiger partial charge in [0.1, 0.15) is 12.5 Å². The Morgan fingerprint density at radius 2 is 2.05 bits per heavy atom. The molecule has 0 spiro atoms. The van der Waals surface area contributed by atoms with Crippen LogP contribution in [0.2, 0.25) is 0 Å². The van der Waals surface area contributed by atoms with Crippen LogP contribution in [0, 0.1) is 5.92 Å². The van der Waals surface area contributed by atoms with E-state index >= 15 is 0 Å². The number of rotatable bonds is 4. The first kappa shape index (κ1) is 12.5. The fraction of sp³-hybridized carbons (Fsp3) is 0.562. The first-order chi connectivity index (χ1) is 9.24. The van der Waals surface area contributed by atoms with Gasteiger partial charge in [0.2, 0.25) is 0 Å². The van der Waals surface area contributed by atoms with Crippen LogP contribution in [-0.2, 0) is 0 Å². The second-order valence-corrected chi connectivity index (χ2v) is 6.03. The minimum atomic E-state index is 0.704. The number of hydrazone groups is 1. The molecule has 0 unspecified atom stereocenters.